The molecule has 1 spiro atoms. The molecule has 2 fully saturated rings. The minimum atomic E-state index is -4.76. The Hall–Kier alpha value is -2.69. The lowest BCUT2D eigenvalue weighted by Gasteiger charge is -2.23. The van der Waals surface area contributed by atoms with E-state index in [4.69, 9.17) is 4.74 Å². The average molecular weight is 471 g/mol. The number of aromatic nitrogens is 1. The number of hydrogen-bond acceptors (Lipinski definition) is 5. The predicted octanol–water partition coefficient (Wildman–Crippen LogP) is 5.67. The van der Waals surface area contributed by atoms with Crippen molar-refractivity contribution >= 4 is 23.5 Å². The van der Waals surface area contributed by atoms with Crippen LogP contribution in [0.15, 0.2) is 18.2 Å². The number of thiazole rings is 1. The van der Waals surface area contributed by atoms with E-state index in [2.05, 4.69) is 10.3 Å². The van der Waals surface area contributed by atoms with Gasteiger partial charge in [0.15, 0.2) is 6.10 Å². The number of rotatable bonds is 4. The molecule has 2 aromatic rings. The lowest BCUT2D eigenvalue weighted by atomic mass is 9.98. The van der Waals surface area contributed by atoms with Gasteiger partial charge in [-0.1, -0.05) is 13.8 Å². The van der Waals surface area contributed by atoms with Crippen molar-refractivity contribution in [2.45, 2.75) is 63.9 Å². The molecule has 2 aliphatic rings. The fourth-order valence-electron chi connectivity index (χ4n) is 3.86. The quantitative estimate of drug-likeness (QED) is 0.584. The van der Waals surface area contributed by atoms with Gasteiger partial charge in [-0.05, 0) is 43.5 Å². The van der Waals surface area contributed by atoms with Gasteiger partial charge in [0.05, 0.1) is 28.3 Å². The molecule has 1 atom stereocenters. The van der Waals surface area contributed by atoms with E-state index < -0.39 is 41.3 Å². The number of amides is 3. The molecule has 11 heteroatoms. The summed E-state index contributed by atoms with van der Waals surface area (Å²) in [4.78, 5) is 31.6. The first-order valence-electron chi connectivity index (χ1n) is 10.0. The van der Waals surface area contributed by atoms with Gasteiger partial charge >= 0.3 is 18.3 Å². The summed E-state index contributed by atoms with van der Waals surface area (Å²) >= 11 is 1.46. The molecule has 6 nitrogen and oxygen atoms in total. The van der Waals surface area contributed by atoms with Crippen molar-refractivity contribution in [1.29, 1.82) is 0 Å². The van der Waals surface area contributed by atoms with Crippen molar-refractivity contribution in [1.82, 2.24) is 15.2 Å². The van der Waals surface area contributed by atoms with Gasteiger partial charge in [0.25, 0.3) is 0 Å². The van der Waals surface area contributed by atoms with Crippen LogP contribution in [0.4, 0.5) is 27.2 Å². The summed E-state index contributed by atoms with van der Waals surface area (Å²) in [5, 5.41) is 3.61. The summed E-state index contributed by atoms with van der Waals surface area (Å²) in [7, 11) is 0. The minimum Gasteiger partial charge on any atom is -0.438 e. The van der Waals surface area contributed by atoms with Crippen LogP contribution in [0.5, 0.6) is 0 Å². The monoisotopic (exact) mass is 471 g/mol. The number of benzene rings is 1. The SMILES string of the molecule is Cc1nc(C(C)C)sc1CNC(=O)N1C(=O)O[C@H](c2cc(F)cc(C(F)(F)F)c2)C12CC2. The Morgan fingerprint density at radius 1 is 1.34 bits per heavy atom. The van der Waals surface area contributed by atoms with E-state index in [1.54, 1.807) is 0 Å². The fourth-order valence-corrected chi connectivity index (χ4v) is 4.87. The summed E-state index contributed by atoms with van der Waals surface area (Å²) < 4.78 is 58.5. The average Bonchev–Trinajstić information content (AvgIpc) is 3.29. The lowest BCUT2D eigenvalue weighted by molar-refractivity contribution is -0.137. The Kier molecular flexibility index (Phi) is 5.43. The lowest BCUT2D eigenvalue weighted by Crippen LogP contribution is -2.46. The number of nitrogens with one attached hydrogen (secondary N) is 1. The number of nitrogens with zero attached hydrogens (tertiary/aromatic N) is 2. The standard InChI is InChI=1S/C21H21F4N3O3S/c1-10(2)17-27-11(3)15(32-17)9-26-18(29)28-19(30)31-16(20(28)4-5-20)12-6-13(21(23,24)25)8-14(22)7-12/h6-8,10,16H,4-5,9H2,1-3H3,(H,26,29)/t16-/m1/s1. The fraction of sp³-hybridized carbons (Fsp3) is 0.476. The van der Waals surface area contributed by atoms with Crippen molar-refractivity contribution in [2.24, 2.45) is 0 Å². The van der Waals surface area contributed by atoms with Crippen molar-refractivity contribution in [3.8, 4) is 0 Å². The van der Waals surface area contributed by atoms with Crippen LogP contribution in [0.1, 0.15) is 65.4 Å². The summed E-state index contributed by atoms with van der Waals surface area (Å²) in [6.45, 7) is 6.00. The van der Waals surface area contributed by atoms with Gasteiger partial charge in [-0.15, -0.1) is 11.3 Å². The van der Waals surface area contributed by atoms with Gasteiger partial charge in [-0.25, -0.2) is 23.9 Å². The van der Waals surface area contributed by atoms with E-state index in [-0.39, 0.29) is 18.0 Å². The Morgan fingerprint density at radius 2 is 2.03 bits per heavy atom. The number of urea groups is 1. The highest BCUT2D eigenvalue weighted by molar-refractivity contribution is 7.11. The zero-order chi connectivity index (χ0) is 23.4. The van der Waals surface area contributed by atoms with Gasteiger partial charge in [0.1, 0.15) is 5.82 Å². The highest BCUT2D eigenvalue weighted by atomic mass is 32.1. The third-order valence-corrected chi connectivity index (χ3v) is 7.11. The van der Waals surface area contributed by atoms with Crippen LogP contribution in [-0.4, -0.2) is 27.5 Å². The van der Waals surface area contributed by atoms with Crippen molar-refractivity contribution in [3.63, 3.8) is 0 Å². The highest BCUT2D eigenvalue weighted by Crippen LogP contribution is 2.57. The zero-order valence-electron chi connectivity index (χ0n) is 17.5. The molecule has 4 rings (SSSR count). The van der Waals surface area contributed by atoms with E-state index >= 15 is 0 Å². The molecule has 3 amide bonds. The Bertz CT molecular complexity index is 1080. The third kappa shape index (κ3) is 3.94. The van der Waals surface area contributed by atoms with Crippen LogP contribution in [0, 0.1) is 12.7 Å². The van der Waals surface area contributed by atoms with E-state index in [1.165, 1.54) is 11.3 Å². The molecule has 1 N–H and O–H groups in total. The molecule has 1 saturated carbocycles. The predicted molar refractivity (Wildman–Crippen MR) is 108 cm³/mol. The number of halogens is 4. The molecule has 1 aliphatic heterocycles. The van der Waals surface area contributed by atoms with Crippen molar-refractivity contribution < 1.29 is 31.9 Å². The summed E-state index contributed by atoms with van der Waals surface area (Å²) in [6, 6.07) is 1.34. The summed E-state index contributed by atoms with van der Waals surface area (Å²) in [5.74, 6) is -0.855. The van der Waals surface area contributed by atoms with E-state index in [1.807, 2.05) is 20.8 Å². The van der Waals surface area contributed by atoms with Gasteiger partial charge in [0, 0.05) is 10.8 Å². The van der Waals surface area contributed by atoms with Crippen LogP contribution < -0.4 is 5.32 Å². The topological polar surface area (TPSA) is 71.5 Å². The molecule has 172 valence electrons. The minimum absolute atomic E-state index is 0.127. The second kappa shape index (κ2) is 7.72. The second-order valence-electron chi connectivity index (χ2n) is 8.35. The first kappa shape index (κ1) is 22.5. The molecule has 2 heterocycles. The molecule has 1 aromatic heterocycles. The van der Waals surface area contributed by atoms with Gasteiger partial charge < -0.3 is 10.1 Å². The summed E-state index contributed by atoms with van der Waals surface area (Å²) in [5.41, 5.74) is -1.65. The number of hydrogen-bond donors (Lipinski definition) is 1. The van der Waals surface area contributed by atoms with Crippen LogP contribution in [-0.2, 0) is 17.5 Å². The number of ether oxygens (including phenoxy) is 1. The van der Waals surface area contributed by atoms with Crippen LogP contribution >= 0.6 is 11.3 Å². The van der Waals surface area contributed by atoms with Crippen LogP contribution in [0.2, 0.25) is 0 Å². The Morgan fingerprint density at radius 3 is 2.59 bits per heavy atom. The first-order valence-corrected chi connectivity index (χ1v) is 10.9. The van der Waals surface area contributed by atoms with Gasteiger partial charge in [-0.3, -0.25) is 0 Å². The number of imide groups is 1. The third-order valence-electron chi connectivity index (χ3n) is 5.65. The van der Waals surface area contributed by atoms with E-state index in [0.717, 1.165) is 32.6 Å². The molecule has 0 bridgehead atoms. The maximum absolute atomic E-state index is 13.9. The van der Waals surface area contributed by atoms with E-state index in [9.17, 15) is 27.2 Å². The molecule has 1 aliphatic carbocycles. The van der Waals surface area contributed by atoms with Gasteiger partial charge in [-0.2, -0.15) is 13.2 Å². The normalized spacial score (nSPS) is 19.6. The van der Waals surface area contributed by atoms with E-state index in [0.29, 0.717) is 18.9 Å². The van der Waals surface area contributed by atoms with Gasteiger partial charge in [0.2, 0.25) is 0 Å². The van der Waals surface area contributed by atoms with Crippen molar-refractivity contribution in [3.05, 3.63) is 50.7 Å². The smallest absolute Gasteiger partial charge is 0.419 e. The van der Waals surface area contributed by atoms with Crippen LogP contribution in [0.3, 0.4) is 0 Å². The molecular weight excluding hydrogens is 450 g/mol. The first-order chi connectivity index (χ1) is 14.9. The highest BCUT2D eigenvalue weighted by Gasteiger charge is 2.66. The Balaban J connectivity index is 1.54. The number of alkyl halides is 3. The number of carbonyl (C=O) groups excluding carboxylic acids is 2. The molecule has 0 unspecified atom stereocenters. The second-order valence-corrected chi connectivity index (χ2v) is 9.46. The number of aryl methyl sites for hydroxylation is 1. The molecule has 32 heavy (non-hydrogen) atoms. The largest absolute Gasteiger partial charge is 0.438 e. The molecule has 1 aromatic carbocycles. The summed E-state index contributed by atoms with van der Waals surface area (Å²) in [6.07, 6.45) is -6.19. The molecule has 1 saturated heterocycles. The number of cyclic esters (lactones) is 1. The molecule has 0 radical (unpaired) electrons. The Labute approximate surface area is 185 Å². The van der Waals surface area contributed by atoms with Crippen molar-refractivity contribution in [2.75, 3.05) is 0 Å². The maximum atomic E-state index is 13.9. The van der Waals surface area contributed by atoms with Crippen LogP contribution in [0.25, 0.3) is 0 Å². The number of carbonyl (C=O) groups is 2. The zero-order valence-corrected chi connectivity index (χ0v) is 18.4. The molecular formula is C21H21F4N3O3S. The maximum Gasteiger partial charge on any atom is 0.419 e.